The van der Waals surface area contributed by atoms with Crippen LogP contribution >= 0.6 is 11.6 Å². The van der Waals surface area contributed by atoms with Crippen molar-refractivity contribution in [3.63, 3.8) is 0 Å². The Labute approximate surface area is 123 Å². The van der Waals surface area contributed by atoms with Crippen molar-refractivity contribution in [1.29, 1.82) is 5.26 Å². The molecule has 0 amide bonds. The van der Waals surface area contributed by atoms with Gasteiger partial charge in [-0.25, -0.2) is 4.98 Å². The van der Waals surface area contributed by atoms with Crippen LogP contribution in [0.15, 0.2) is 24.3 Å². The molecule has 0 spiro atoms. The summed E-state index contributed by atoms with van der Waals surface area (Å²) in [4.78, 5) is 4.08. The van der Waals surface area contributed by atoms with Gasteiger partial charge in [0.25, 0.3) is 0 Å². The average molecular weight is 287 g/mol. The molecular weight excluding hydrogens is 272 g/mol. The van der Waals surface area contributed by atoms with Gasteiger partial charge >= 0.3 is 0 Å². The predicted octanol–water partition coefficient (Wildman–Crippen LogP) is 4.11. The van der Waals surface area contributed by atoms with Gasteiger partial charge in [-0.15, -0.1) is 0 Å². The van der Waals surface area contributed by atoms with Gasteiger partial charge in [0.15, 0.2) is 0 Å². The third-order valence-corrected chi connectivity index (χ3v) is 3.30. The first-order valence-electron chi connectivity index (χ1n) is 6.27. The molecule has 0 aliphatic heterocycles. The molecule has 0 saturated heterocycles. The number of rotatable bonds is 3. The lowest BCUT2D eigenvalue weighted by atomic mass is 10.0. The fourth-order valence-corrected chi connectivity index (χ4v) is 2.39. The summed E-state index contributed by atoms with van der Waals surface area (Å²) in [7, 11) is 0. The third-order valence-electron chi connectivity index (χ3n) is 3.09. The summed E-state index contributed by atoms with van der Waals surface area (Å²) < 4.78 is 5.67. The van der Waals surface area contributed by atoms with Crippen molar-refractivity contribution in [3.8, 4) is 11.9 Å². The maximum Gasteiger partial charge on any atom is 0.216 e. The molecule has 2 rings (SSSR count). The van der Waals surface area contributed by atoms with Gasteiger partial charge in [0, 0.05) is 11.1 Å². The van der Waals surface area contributed by atoms with Gasteiger partial charge in [0.05, 0.1) is 0 Å². The molecule has 0 saturated carbocycles. The molecule has 0 atom stereocenters. The first kappa shape index (κ1) is 14.4. The van der Waals surface area contributed by atoms with Gasteiger partial charge in [0.2, 0.25) is 5.88 Å². The molecule has 20 heavy (non-hydrogen) atoms. The maximum absolute atomic E-state index is 8.86. The van der Waals surface area contributed by atoms with Crippen molar-refractivity contribution in [1.82, 2.24) is 4.98 Å². The van der Waals surface area contributed by atoms with Crippen molar-refractivity contribution in [2.24, 2.45) is 0 Å². The minimum Gasteiger partial charge on any atom is -0.473 e. The fraction of sp³-hybridized carbons (Fsp3) is 0.250. The van der Waals surface area contributed by atoms with E-state index < -0.39 is 0 Å². The molecule has 0 radical (unpaired) electrons. The van der Waals surface area contributed by atoms with Gasteiger partial charge in [-0.3, -0.25) is 0 Å². The highest BCUT2D eigenvalue weighted by molar-refractivity contribution is 6.30. The molecule has 1 aromatic carbocycles. The molecule has 0 aliphatic rings. The first-order chi connectivity index (χ1) is 9.49. The molecule has 0 bridgehead atoms. The number of benzene rings is 1. The summed E-state index contributed by atoms with van der Waals surface area (Å²) in [6, 6.07) is 9.33. The monoisotopic (exact) mass is 286 g/mol. The Kier molecular flexibility index (Phi) is 4.26. The van der Waals surface area contributed by atoms with Crippen LogP contribution in [0.3, 0.4) is 0 Å². The summed E-state index contributed by atoms with van der Waals surface area (Å²) in [5.41, 5.74) is 4.99. The third kappa shape index (κ3) is 3.28. The van der Waals surface area contributed by atoms with Crippen LogP contribution in [-0.4, -0.2) is 4.98 Å². The van der Waals surface area contributed by atoms with Crippen molar-refractivity contribution in [2.75, 3.05) is 0 Å². The van der Waals surface area contributed by atoms with Crippen molar-refractivity contribution in [3.05, 3.63) is 57.2 Å². The molecule has 1 heterocycles. The lowest BCUT2D eigenvalue weighted by Crippen LogP contribution is -2.03. The largest absolute Gasteiger partial charge is 0.473 e. The number of ether oxygens (including phenoxy) is 1. The highest BCUT2D eigenvalue weighted by Gasteiger charge is 2.07. The summed E-state index contributed by atoms with van der Waals surface area (Å²) in [5, 5.41) is 9.31. The molecule has 2 aromatic rings. The summed E-state index contributed by atoms with van der Waals surface area (Å²) in [5.74, 6) is 0.369. The standard InChI is InChI=1S/C16H15ClN2O/c1-10-4-11(2)15(12(3)5-10)9-20-16-7-13(17)6-14(8-18)19-16/h4-7H,9H2,1-3H3. The van der Waals surface area contributed by atoms with E-state index in [2.05, 4.69) is 37.9 Å². The van der Waals surface area contributed by atoms with Crippen LogP contribution in [0.2, 0.25) is 5.02 Å². The summed E-state index contributed by atoms with van der Waals surface area (Å²) in [6.45, 7) is 6.61. The summed E-state index contributed by atoms with van der Waals surface area (Å²) >= 11 is 5.92. The number of hydrogen-bond donors (Lipinski definition) is 0. The zero-order valence-electron chi connectivity index (χ0n) is 11.7. The molecular formula is C16H15ClN2O. The topological polar surface area (TPSA) is 45.9 Å². The molecule has 4 heteroatoms. The smallest absolute Gasteiger partial charge is 0.216 e. The van der Waals surface area contributed by atoms with E-state index in [-0.39, 0.29) is 5.69 Å². The van der Waals surface area contributed by atoms with Crippen LogP contribution in [0, 0.1) is 32.1 Å². The predicted molar refractivity (Wildman–Crippen MR) is 78.9 cm³/mol. The van der Waals surface area contributed by atoms with E-state index >= 15 is 0 Å². The van der Waals surface area contributed by atoms with Crippen LogP contribution in [0.1, 0.15) is 27.9 Å². The van der Waals surface area contributed by atoms with E-state index in [0.717, 1.165) is 5.56 Å². The number of hydrogen-bond acceptors (Lipinski definition) is 3. The molecule has 1 aromatic heterocycles. The van der Waals surface area contributed by atoms with E-state index in [1.807, 2.05) is 6.07 Å². The number of nitrogens with zero attached hydrogens (tertiary/aromatic N) is 2. The number of halogens is 1. The van der Waals surface area contributed by atoms with Crippen molar-refractivity contribution < 1.29 is 4.74 Å². The number of aromatic nitrogens is 1. The maximum atomic E-state index is 8.86. The molecule has 0 unspecified atom stereocenters. The Bertz CT molecular complexity index is 666. The Morgan fingerprint density at radius 2 is 1.80 bits per heavy atom. The van der Waals surface area contributed by atoms with E-state index in [9.17, 15) is 0 Å². The molecule has 0 aliphatic carbocycles. The average Bonchev–Trinajstić information content (AvgIpc) is 2.36. The highest BCUT2D eigenvalue weighted by Crippen LogP contribution is 2.21. The van der Waals surface area contributed by atoms with Crippen LogP contribution in [-0.2, 0) is 6.61 Å². The molecule has 102 valence electrons. The molecule has 0 N–H and O–H groups in total. The van der Waals surface area contributed by atoms with Gasteiger partial charge in [-0.1, -0.05) is 29.3 Å². The van der Waals surface area contributed by atoms with Crippen molar-refractivity contribution in [2.45, 2.75) is 27.4 Å². The Hall–Kier alpha value is -2.05. The van der Waals surface area contributed by atoms with Gasteiger partial charge in [-0.05, 0) is 43.5 Å². The highest BCUT2D eigenvalue weighted by atomic mass is 35.5. The second-order valence-electron chi connectivity index (χ2n) is 4.79. The second-order valence-corrected chi connectivity index (χ2v) is 5.22. The quantitative estimate of drug-likeness (QED) is 0.853. The molecule has 0 fully saturated rings. The lowest BCUT2D eigenvalue weighted by Gasteiger charge is -2.12. The lowest BCUT2D eigenvalue weighted by molar-refractivity contribution is 0.292. The Morgan fingerprint density at radius 3 is 2.40 bits per heavy atom. The van der Waals surface area contributed by atoms with Gasteiger partial charge < -0.3 is 4.74 Å². The van der Waals surface area contributed by atoms with Crippen LogP contribution in [0.25, 0.3) is 0 Å². The minimum atomic E-state index is 0.254. The number of aryl methyl sites for hydroxylation is 3. The Morgan fingerprint density at radius 1 is 1.15 bits per heavy atom. The number of nitriles is 1. The first-order valence-corrected chi connectivity index (χ1v) is 6.64. The number of pyridine rings is 1. The zero-order chi connectivity index (χ0) is 14.7. The van der Waals surface area contributed by atoms with Crippen LogP contribution in [0.5, 0.6) is 5.88 Å². The van der Waals surface area contributed by atoms with E-state index in [4.69, 9.17) is 21.6 Å². The summed E-state index contributed by atoms with van der Waals surface area (Å²) in [6.07, 6.45) is 0. The van der Waals surface area contributed by atoms with Crippen LogP contribution < -0.4 is 4.74 Å². The minimum absolute atomic E-state index is 0.254. The van der Waals surface area contributed by atoms with E-state index in [0.29, 0.717) is 17.5 Å². The Balaban J connectivity index is 2.21. The van der Waals surface area contributed by atoms with Crippen molar-refractivity contribution >= 4 is 11.6 Å². The molecule has 3 nitrogen and oxygen atoms in total. The van der Waals surface area contributed by atoms with Gasteiger partial charge in [-0.2, -0.15) is 5.26 Å². The fourth-order valence-electron chi connectivity index (χ4n) is 2.19. The zero-order valence-corrected chi connectivity index (χ0v) is 12.5. The van der Waals surface area contributed by atoms with Gasteiger partial charge in [0.1, 0.15) is 18.4 Å². The van der Waals surface area contributed by atoms with Crippen LogP contribution in [0.4, 0.5) is 0 Å². The second kappa shape index (κ2) is 5.94. The van der Waals surface area contributed by atoms with E-state index in [1.54, 1.807) is 6.07 Å². The normalized spacial score (nSPS) is 10.2. The SMILES string of the molecule is Cc1cc(C)c(COc2cc(Cl)cc(C#N)n2)c(C)c1. The van der Waals surface area contributed by atoms with E-state index in [1.165, 1.54) is 22.8 Å².